The van der Waals surface area contributed by atoms with Crippen molar-refractivity contribution in [1.29, 1.82) is 0 Å². The van der Waals surface area contributed by atoms with E-state index in [4.69, 9.17) is 0 Å². The van der Waals surface area contributed by atoms with Crippen molar-refractivity contribution < 1.29 is 13.2 Å². The fourth-order valence-corrected chi connectivity index (χ4v) is 1.04. The molecule has 1 N–H and O–H groups in total. The zero-order valence-electron chi connectivity index (χ0n) is 5.74. The van der Waals surface area contributed by atoms with Crippen molar-refractivity contribution in [2.75, 3.05) is 0 Å². The predicted molar refractivity (Wildman–Crippen MR) is 35.2 cm³/mol. The van der Waals surface area contributed by atoms with Gasteiger partial charge in [-0.05, 0) is 6.92 Å². The number of aromatic amines is 1. The molecule has 0 radical (unpaired) electrons. The Labute approximate surface area is 60.8 Å². The standard InChI is InChI=1S/C7H5F2NO/c1-3-6(9)7-4(10-3)2-5(8)11-7/h2,10H,1H3. The number of fused-ring (bicyclic) bond motifs is 1. The third-order valence-corrected chi connectivity index (χ3v) is 1.55. The van der Waals surface area contributed by atoms with Crippen molar-refractivity contribution in [3.8, 4) is 0 Å². The Morgan fingerprint density at radius 3 is 2.82 bits per heavy atom. The molecule has 2 rings (SSSR count). The highest BCUT2D eigenvalue weighted by molar-refractivity contribution is 5.75. The summed E-state index contributed by atoms with van der Waals surface area (Å²) in [5, 5.41) is 0. The van der Waals surface area contributed by atoms with Crippen LogP contribution in [0.3, 0.4) is 0 Å². The van der Waals surface area contributed by atoms with Crippen LogP contribution in [0.15, 0.2) is 10.5 Å². The summed E-state index contributed by atoms with van der Waals surface area (Å²) in [6, 6.07) is 0.343. The van der Waals surface area contributed by atoms with Crippen molar-refractivity contribution in [3.05, 3.63) is 23.6 Å². The molecule has 0 amide bonds. The molecule has 0 unspecified atom stereocenters. The van der Waals surface area contributed by atoms with Gasteiger partial charge in [0.1, 0.15) is 0 Å². The minimum atomic E-state index is -0.773. The maximum Gasteiger partial charge on any atom is 0.280 e. The van der Waals surface area contributed by atoms with E-state index < -0.39 is 11.8 Å². The third kappa shape index (κ3) is 0.753. The molecule has 2 aromatic heterocycles. The van der Waals surface area contributed by atoms with Gasteiger partial charge in [0, 0.05) is 6.07 Å². The molecule has 0 spiro atoms. The van der Waals surface area contributed by atoms with Gasteiger partial charge in [-0.25, -0.2) is 4.39 Å². The lowest BCUT2D eigenvalue weighted by molar-refractivity contribution is 0.374. The van der Waals surface area contributed by atoms with Gasteiger partial charge in [0.15, 0.2) is 11.4 Å². The van der Waals surface area contributed by atoms with E-state index >= 15 is 0 Å². The zero-order chi connectivity index (χ0) is 8.01. The SMILES string of the molecule is Cc1[nH]c2cc(F)oc2c1F. The zero-order valence-corrected chi connectivity index (χ0v) is 5.74. The Morgan fingerprint density at radius 2 is 2.18 bits per heavy atom. The van der Waals surface area contributed by atoms with E-state index in [1.165, 1.54) is 0 Å². The molecule has 0 atom stereocenters. The minimum absolute atomic E-state index is 0.0417. The first-order valence-electron chi connectivity index (χ1n) is 3.11. The first kappa shape index (κ1) is 6.39. The Kier molecular flexibility index (Phi) is 1.07. The summed E-state index contributed by atoms with van der Waals surface area (Å²) in [7, 11) is 0. The molecule has 58 valence electrons. The lowest BCUT2D eigenvalue weighted by Crippen LogP contribution is -1.73. The average Bonchev–Trinajstić information content (AvgIpc) is 2.37. The molecule has 0 aliphatic heterocycles. The highest BCUT2D eigenvalue weighted by Gasteiger charge is 2.12. The van der Waals surface area contributed by atoms with Crippen LogP contribution in [0.1, 0.15) is 5.69 Å². The molecule has 0 saturated carbocycles. The van der Waals surface area contributed by atoms with Gasteiger partial charge in [-0.15, -0.1) is 0 Å². The largest absolute Gasteiger partial charge is 0.426 e. The topological polar surface area (TPSA) is 28.9 Å². The number of hydrogen-bond donors (Lipinski definition) is 1. The molecule has 0 bridgehead atoms. The van der Waals surface area contributed by atoms with Gasteiger partial charge in [-0.3, -0.25) is 0 Å². The van der Waals surface area contributed by atoms with Gasteiger partial charge in [0.2, 0.25) is 0 Å². The van der Waals surface area contributed by atoms with E-state index in [1.807, 2.05) is 0 Å². The molecule has 0 aliphatic rings. The quantitative estimate of drug-likeness (QED) is 0.624. The lowest BCUT2D eigenvalue weighted by Gasteiger charge is -1.81. The molecule has 0 fully saturated rings. The highest BCUT2D eigenvalue weighted by Crippen LogP contribution is 2.22. The Morgan fingerprint density at radius 1 is 1.45 bits per heavy atom. The van der Waals surface area contributed by atoms with Crippen LogP contribution in [-0.2, 0) is 0 Å². The van der Waals surface area contributed by atoms with Crippen LogP contribution in [0.5, 0.6) is 0 Å². The normalized spacial score (nSPS) is 11.2. The van der Waals surface area contributed by atoms with Gasteiger partial charge in [0.05, 0.1) is 11.2 Å². The monoisotopic (exact) mass is 157 g/mol. The molecule has 2 heterocycles. The van der Waals surface area contributed by atoms with Gasteiger partial charge in [-0.2, -0.15) is 4.39 Å². The van der Waals surface area contributed by atoms with Gasteiger partial charge in [-0.1, -0.05) is 0 Å². The number of aryl methyl sites for hydroxylation is 1. The number of hydrogen-bond acceptors (Lipinski definition) is 1. The number of H-pyrrole nitrogens is 1. The number of rotatable bonds is 0. The summed E-state index contributed by atoms with van der Waals surface area (Å²) in [6.07, 6.45) is 0. The summed E-state index contributed by atoms with van der Waals surface area (Å²) in [5.74, 6) is -0.524. The first-order chi connectivity index (χ1) is 5.18. The van der Waals surface area contributed by atoms with Gasteiger partial charge < -0.3 is 9.40 Å². The van der Waals surface area contributed by atoms with E-state index in [2.05, 4.69) is 9.40 Å². The van der Waals surface area contributed by atoms with Crippen LogP contribution >= 0.6 is 0 Å². The summed E-state index contributed by atoms with van der Waals surface area (Å²) in [6.45, 7) is 1.56. The van der Waals surface area contributed by atoms with Crippen molar-refractivity contribution >= 4 is 11.1 Å². The lowest BCUT2D eigenvalue weighted by atomic mass is 10.4. The van der Waals surface area contributed by atoms with Crippen LogP contribution in [0.4, 0.5) is 8.78 Å². The van der Waals surface area contributed by atoms with E-state index in [1.54, 1.807) is 6.92 Å². The Bertz CT molecular complexity index is 402. The second-order valence-corrected chi connectivity index (χ2v) is 2.36. The van der Waals surface area contributed by atoms with E-state index in [9.17, 15) is 8.78 Å². The van der Waals surface area contributed by atoms with Crippen molar-refractivity contribution in [2.24, 2.45) is 0 Å². The molecule has 2 nitrogen and oxygen atoms in total. The summed E-state index contributed by atoms with van der Waals surface area (Å²) >= 11 is 0. The molecule has 4 heteroatoms. The van der Waals surface area contributed by atoms with Crippen LogP contribution in [0.25, 0.3) is 11.1 Å². The van der Waals surface area contributed by atoms with E-state index in [0.717, 1.165) is 6.07 Å². The smallest absolute Gasteiger partial charge is 0.280 e. The Hall–Kier alpha value is -1.32. The van der Waals surface area contributed by atoms with Crippen LogP contribution in [-0.4, -0.2) is 4.98 Å². The molecular formula is C7H5F2NO. The molecule has 2 aromatic rings. The van der Waals surface area contributed by atoms with E-state index in [-0.39, 0.29) is 5.58 Å². The molecular weight excluding hydrogens is 152 g/mol. The molecule has 0 aromatic carbocycles. The minimum Gasteiger partial charge on any atom is -0.426 e. The van der Waals surface area contributed by atoms with Crippen LogP contribution < -0.4 is 0 Å². The number of nitrogens with one attached hydrogen (secondary N) is 1. The summed E-state index contributed by atoms with van der Waals surface area (Å²) in [5.41, 5.74) is 0.677. The highest BCUT2D eigenvalue weighted by atomic mass is 19.1. The second-order valence-electron chi connectivity index (χ2n) is 2.36. The van der Waals surface area contributed by atoms with Crippen molar-refractivity contribution in [2.45, 2.75) is 6.92 Å². The maximum absolute atomic E-state index is 12.9. The van der Waals surface area contributed by atoms with E-state index in [0.29, 0.717) is 11.2 Å². The number of aromatic nitrogens is 1. The molecule has 0 saturated heterocycles. The first-order valence-corrected chi connectivity index (χ1v) is 3.11. The van der Waals surface area contributed by atoms with Crippen LogP contribution in [0.2, 0.25) is 0 Å². The predicted octanol–water partition coefficient (Wildman–Crippen LogP) is 2.35. The summed E-state index contributed by atoms with van der Waals surface area (Å²) < 4.78 is 29.6. The average molecular weight is 157 g/mol. The fourth-order valence-electron chi connectivity index (χ4n) is 1.04. The van der Waals surface area contributed by atoms with Crippen molar-refractivity contribution in [1.82, 2.24) is 4.98 Å². The summed E-state index contributed by atoms with van der Waals surface area (Å²) in [4.78, 5) is 2.64. The molecule has 0 aliphatic carbocycles. The van der Waals surface area contributed by atoms with Crippen molar-refractivity contribution in [3.63, 3.8) is 0 Å². The number of halogens is 2. The van der Waals surface area contributed by atoms with Gasteiger partial charge >= 0.3 is 0 Å². The third-order valence-electron chi connectivity index (χ3n) is 1.55. The molecule has 11 heavy (non-hydrogen) atoms. The second kappa shape index (κ2) is 1.84. The van der Waals surface area contributed by atoms with Crippen LogP contribution in [0, 0.1) is 18.8 Å². The maximum atomic E-state index is 12.9. The Balaban J connectivity index is 2.88. The number of furan rings is 1. The van der Waals surface area contributed by atoms with Gasteiger partial charge in [0.25, 0.3) is 6.01 Å². The fraction of sp³-hybridized carbons (Fsp3) is 0.143.